The van der Waals surface area contributed by atoms with Gasteiger partial charge in [-0.2, -0.15) is 5.26 Å². The van der Waals surface area contributed by atoms with E-state index in [1.165, 1.54) is 11.8 Å². The van der Waals surface area contributed by atoms with Crippen LogP contribution in [-0.2, 0) is 0 Å². The molecule has 1 aromatic rings. The van der Waals surface area contributed by atoms with Gasteiger partial charge < -0.3 is 0 Å². The van der Waals surface area contributed by atoms with E-state index < -0.39 is 0 Å². The van der Waals surface area contributed by atoms with E-state index >= 15 is 0 Å². The summed E-state index contributed by atoms with van der Waals surface area (Å²) in [7, 11) is 0. The van der Waals surface area contributed by atoms with Crippen molar-refractivity contribution in [3.05, 3.63) is 24.3 Å². The van der Waals surface area contributed by atoms with E-state index in [4.69, 9.17) is 5.26 Å². The van der Waals surface area contributed by atoms with Crippen LogP contribution >= 0.6 is 11.8 Å². The molecular formula is C8H4N2S+. The van der Waals surface area contributed by atoms with Gasteiger partial charge in [0.2, 0.25) is 0 Å². The molecule has 0 bridgehead atoms. The number of benzene rings is 1. The van der Waals surface area contributed by atoms with Crippen molar-refractivity contribution >= 4 is 22.5 Å². The van der Waals surface area contributed by atoms with E-state index in [1.807, 2.05) is 30.3 Å². The summed E-state index contributed by atoms with van der Waals surface area (Å²) in [5.74, 6) is 0. The average molecular weight is 160 g/mol. The number of hydrogen-bond donors (Lipinski definition) is 0. The van der Waals surface area contributed by atoms with Crippen molar-refractivity contribution in [2.45, 2.75) is 4.90 Å². The van der Waals surface area contributed by atoms with Crippen LogP contribution in [0.1, 0.15) is 0 Å². The Hall–Kier alpha value is -1.27. The highest BCUT2D eigenvalue weighted by molar-refractivity contribution is 8.14. The van der Waals surface area contributed by atoms with Gasteiger partial charge in [-0.25, -0.2) is 0 Å². The van der Waals surface area contributed by atoms with Crippen LogP contribution in [-0.4, -0.2) is 5.04 Å². The maximum absolute atomic E-state index is 8.54. The summed E-state index contributed by atoms with van der Waals surface area (Å²) in [5.41, 5.74) is 0.911. The molecule has 0 saturated heterocycles. The van der Waals surface area contributed by atoms with Crippen LogP contribution in [0.3, 0.4) is 0 Å². The normalized spacial score (nSPS) is 13.5. The maximum Gasteiger partial charge on any atom is 0.393 e. The molecule has 0 aromatic heterocycles. The minimum Gasteiger partial charge on any atom is -0.185 e. The molecule has 0 atom stereocenters. The van der Waals surface area contributed by atoms with Gasteiger partial charge in [-0.1, -0.05) is 12.1 Å². The molecule has 0 N–H and O–H groups in total. The lowest BCUT2D eigenvalue weighted by atomic mass is 10.3. The third-order valence-corrected chi connectivity index (χ3v) is 2.33. The summed E-state index contributed by atoms with van der Waals surface area (Å²) in [6.07, 6.45) is 0. The molecule has 1 heterocycles. The summed E-state index contributed by atoms with van der Waals surface area (Å²) >= 11 is 1.43. The molecule has 1 aromatic carbocycles. The molecule has 1 aliphatic rings. The maximum atomic E-state index is 8.54. The van der Waals surface area contributed by atoms with Crippen molar-refractivity contribution in [2.24, 2.45) is 0 Å². The molecule has 0 aliphatic carbocycles. The molecule has 11 heavy (non-hydrogen) atoms. The van der Waals surface area contributed by atoms with E-state index in [0.717, 1.165) is 10.6 Å². The second kappa shape index (κ2) is 2.40. The van der Waals surface area contributed by atoms with Gasteiger partial charge in [-0.3, -0.25) is 0 Å². The molecule has 2 rings (SSSR count). The fraction of sp³-hybridized carbons (Fsp3) is 0. The fourth-order valence-corrected chi connectivity index (χ4v) is 1.68. The zero-order chi connectivity index (χ0) is 7.68. The molecule has 2 nitrogen and oxygen atoms in total. The first-order valence-corrected chi connectivity index (χ1v) is 3.97. The highest BCUT2D eigenvalue weighted by atomic mass is 32.2. The molecule has 0 saturated carbocycles. The van der Waals surface area contributed by atoms with Gasteiger partial charge in [0.1, 0.15) is 0 Å². The van der Waals surface area contributed by atoms with Gasteiger partial charge in [0.25, 0.3) is 5.69 Å². The second-order valence-corrected chi connectivity index (χ2v) is 3.13. The zero-order valence-corrected chi connectivity index (χ0v) is 6.43. The number of fused-ring (bicyclic) bond motifs is 1. The number of hydrogen-bond acceptors (Lipinski definition) is 3. The third kappa shape index (κ3) is 1.02. The van der Waals surface area contributed by atoms with Crippen LogP contribution < -0.4 is 4.99 Å². The predicted molar refractivity (Wildman–Crippen MR) is 44.7 cm³/mol. The van der Waals surface area contributed by atoms with E-state index in [0.29, 0.717) is 5.04 Å². The first-order valence-electron chi connectivity index (χ1n) is 3.16. The van der Waals surface area contributed by atoms with Gasteiger partial charge in [0.15, 0.2) is 6.07 Å². The largest absolute Gasteiger partial charge is 0.393 e. The molecule has 0 unspecified atom stereocenters. The minimum absolute atomic E-state index is 0.534. The highest BCUT2D eigenvalue weighted by Crippen LogP contribution is 2.31. The van der Waals surface area contributed by atoms with E-state index in [9.17, 15) is 0 Å². The Bertz CT molecular complexity index is 363. The number of thioether (sulfide) groups is 1. The lowest BCUT2D eigenvalue weighted by Crippen LogP contribution is -1.86. The monoisotopic (exact) mass is 160 g/mol. The number of rotatable bonds is 0. The standard InChI is InChI=1S/C8H4N2S/c9-5-8-10-6-3-1-2-4-7(6)11-8/h1-4H/q+1. The van der Waals surface area contributed by atoms with Crippen molar-refractivity contribution in [1.82, 2.24) is 4.99 Å². The summed E-state index contributed by atoms with van der Waals surface area (Å²) < 4.78 is 0. The second-order valence-electron chi connectivity index (χ2n) is 2.10. The van der Waals surface area contributed by atoms with Gasteiger partial charge in [-0.05, 0) is 6.07 Å². The van der Waals surface area contributed by atoms with Gasteiger partial charge in [0.05, 0.1) is 9.89 Å². The molecule has 0 amide bonds. The third-order valence-electron chi connectivity index (χ3n) is 1.39. The average Bonchev–Trinajstić information content (AvgIpc) is 2.46. The van der Waals surface area contributed by atoms with E-state index in [1.54, 1.807) is 0 Å². The number of para-hydroxylation sites is 1. The Kier molecular flexibility index (Phi) is 1.41. The van der Waals surface area contributed by atoms with E-state index in [-0.39, 0.29) is 0 Å². The van der Waals surface area contributed by atoms with Gasteiger partial charge in [-0.15, -0.1) is 0 Å². The Labute approximate surface area is 68.6 Å². The summed E-state index contributed by atoms with van der Waals surface area (Å²) in [4.78, 5) is 5.16. The predicted octanol–water partition coefficient (Wildman–Crippen LogP) is 1.68. The Balaban J connectivity index is 2.49. The number of nitriles is 1. The quantitative estimate of drug-likeness (QED) is 0.579. The van der Waals surface area contributed by atoms with Gasteiger partial charge >= 0.3 is 5.04 Å². The molecule has 1 aliphatic heterocycles. The summed E-state index contributed by atoms with van der Waals surface area (Å²) in [6.45, 7) is 0. The van der Waals surface area contributed by atoms with Crippen molar-refractivity contribution in [2.75, 3.05) is 0 Å². The van der Waals surface area contributed by atoms with Crippen molar-refractivity contribution in [1.29, 1.82) is 5.26 Å². The van der Waals surface area contributed by atoms with Crippen molar-refractivity contribution < 1.29 is 0 Å². The molecule has 3 heteroatoms. The highest BCUT2D eigenvalue weighted by Gasteiger charge is 2.27. The fourth-order valence-electron chi connectivity index (χ4n) is 0.920. The van der Waals surface area contributed by atoms with Gasteiger partial charge in [0, 0.05) is 17.8 Å². The Morgan fingerprint density at radius 1 is 1.36 bits per heavy atom. The minimum atomic E-state index is 0.534. The van der Waals surface area contributed by atoms with Crippen LogP contribution in [0.5, 0.6) is 0 Å². The van der Waals surface area contributed by atoms with Crippen molar-refractivity contribution in [3.63, 3.8) is 0 Å². The lowest BCUT2D eigenvalue weighted by Gasteiger charge is -1.82. The van der Waals surface area contributed by atoms with Crippen LogP contribution in [0.2, 0.25) is 0 Å². The smallest absolute Gasteiger partial charge is 0.185 e. The molecule has 51 valence electrons. The summed E-state index contributed by atoms with van der Waals surface area (Å²) in [6, 6.07) is 9.77. The molecule has 1 radical (unpaired) electrons. The Morgan fingerprint density at radius 2 is 2.18 bits per heavy atom. The first-order chi connectivity index (χ1) is 5.40. The topological polar surface area (TPSA) is 37.9 Å². The molecule has 0 spiro atoms. The molecular weight excluding hydrogens is 156 g/mol. The van der Waals surface area contributed by atoms with E-state index in [2.05, 4.69) is 4.99 Å². The van der Waals surface area contributed by atoms with Crippen LogP contribution in [0.25, 0.3) is 0 Å². The lowest BCUT2D eigenvalue weighted by molar-refractivity contribution is 1.31. The number of aliphatic imine (C=N–C) groups is 1. The van der Waals surface area contributed by atoms with Crippen LogP contribution in [0.4, 0.5) is 5.69 Å². The number of nitrogens with zero attached hydrogens (tertiary/aromatic N) is 2. The van der Waals surface area contributed by atoms with Crippen LogP contribution in [0.15, 0.2) is 29.2 Å². The SMILES string of the molecule is N#CC1=[N+]c2ccccc2S1. The first kappa shape index (κ1) is 6.44. The summed E-state index contributed by atoms with van der Waals surface area (Å²) in [5, 5.41) is 9.07. The van der Waals surface area contributed by atoms with Crippen molar-refractivity contribution in [3.8, 4) is 6.07 Å². The Morgan fingerprint density at radius 3 is 2.91 bits per heavy atom. The molecule has 0 fully saturated rings. The zero-order valence-electron chi connectivity index (χ0n) is 5.61. The van der Waals surface area contributed by atoms with Crippen LogP contribution in [0, 0.1) is 11.3 Å².